The summed E-state index contributed by atoms with van der Waals surface area (Å²) in [5, 5.41) is 2.89. The van der Waals surface area contributed by atoms with E-state index in [1.165, 1.54) is 5.56 Å². The Morgan fingerprint density at radius 1 is 1.04 bits per heavy atom. The highest BCUT2D eigenvalue weighted by atomic mass is 16.5. The van der Waals surface area contributed by atoms with Gasteiger partial charge in [-0.2, -0.15) is 0 Å². The molecule has 5 nitrogen and oxygen atoms in total. The molecule has 1 N–H and O–H groups in total. The van der Waals surface area contributed by atoms with Gasteiger partial charge in [-0.25, -0.2) is 0 Å². The minimum Gasteiger partial charge on any atom is -0.368 e. The topological polar surface area (TPSA) is 58.6 Å². The fraction of sp³-hybridized carbons (Fsp3) is 0.391. The predicted octanol–water partition coefficient (Wildman–Crippen LogP) is 3.65. The first-order chi connectivity index (χ1) is 13.7. The normalized spacial score (nSPS) is 21.6. The van der Waals surface area contributed by atoms with E-state index in [0.717, 1.165) is 38.6 Å². The van der Waals surface area contributed by atoms with Crippen molar-refractivity contribution in [1.29, 1.82) is 0 Å². The van der Waals surface area contributed by atoms with Gasteiger partial charge in [0, 0.05) is 30.4 Å². The molecule has 5 heteroatoms. The Balaban J connectivity index is 1.44. The molecule has 2 fully saturated rings. The van der Waals surface area contributed by atoms with Crippen molar-refractivity contribution in [3.8, 4) is 0 Å². The minimum absolute atomic E-state index is 0.0339. The van der Waals surface area contributed by atoms with Gasteiger partial charge < -0.3 is 15.0 Å². The van der Waals surface area contributed by atoms with Crippen LogP contribution in [0, 0.1) is 0 Å². The Morgan fingerprint density at radius 2 is 1.89 bits per heavy atom. The smallest absolute Gasteiger partial charge is 0.254 e. The van der Waals surface area contributed by atoms with Crippen LogP contribution in [0.1, 0.15) is 41.6 Å². The number of rotatable bonds is 5. The molecule has 2 amide bonds. The number of anilines is 1. The van der Waals surface area contributed by atoms with Crippen molar-refractivity contribution in [2.75, 3.05) is 18.5 Å². The van der Waals surface area contributed by atoms with Crippen molar-refractivity contribution < 1.29 is 14.3 Å². The molecular weight excluding hydrogens is 352 g/mol. The lowest BCUT2D eigenvalue weighted by Crippen LogP contribution is -2.36. The Morgan fingerprint density at radius 3 is 2.68 bits per heavy atom. The summed E-state index contributed by atoms with van der Waals surface area (Å²) in [7, 11) is 0. The van der Waals surface area contributed by atoms with E-state index in [1.54, 1.807) is 6.07 Å². The highest BCUT2D eigenvalue weighted by molar-refractivity contribution is 5.98. The monoisotopic (exact) mass is 378 g/mol. The summed E-state index contributed by atoms with van der Waals surface area (Å²) in [6, 6.07) is 17.8. The van der Waals surface area contributed by atoms with E-state index < -0.39 is 0 Å². The molecular formula is C23H26N2O3. The van der Waals surface area contributed by atoms with Crippen LogP contribution in [0.2, 0.25) is 0 Å². The number of hydrogen-bond acceptors (Lipinski definition) is 3. The third-order valence-electron chi connectivity index (χ3n) is 5.55. The van der Waals surface area contributed by atoms with Crippen molar-refractivity contribution >= 4 is 17.5 Å². The summed E-state index contributed by atoms with van der Waals surface area (Å²) in [5.74, 6) is -0.100. The number of benzene rings is 2. The number of hydrogen-bond donors (Lipinski definition) is 1. The fourth-order valence-corrected chi connectivity index (χ4v) is 4.10. The summed E-state index contributed by atoms with van der Waals surface area (Å²) in [6.07, 6.45) is 4.21. The molecule has 2 aliphatic heterocycles. The molecule has 146 valence electrons. The van der Waals surface area contributed by atoms with Crippen molar-refractivity contribution in [2.24, 2.45) is 0 Å². The lowest BCUT2D eigenvalue weighted by molar-refractivity contribution is -0.124. The molecule has 0 radical (unpaired) electrons. The molecule has 2 aromatic carbocycles. The van der Waals surface area contributed by atoms with E-state index in [1.807, 2.05) is 41.3 Å². The van der Waals surface area contributed by atoms with Crippen LogP contribution < -0.4 is 5.32 Å². The van der Waals surface area contributed by atoms with Gasteiger partial charge >= 0.3 is 0 Å². The van der Waals surface area contributed by atoms with Crippen LogP contribution in [-0.4, -0.2) is 42.0 Å². The molecule has 4 rings (SSSR count). The van der Waals surface area contributed by atoms with Gasteiger partial charge in [0.2, 0.25) is 0 Å². The van der Waals surface area contributed by atoms with E-state index >= 15 is 0 Å². The molecule has 28 heavy (non-hydrogen) atoms. The third kappa shape index (κ3) is 4.25. The largest absolute Gasteiger partial charge is 0.368 e. The van der Waals surface area contributed by atoms with E-state index in [-0.39, 0.29) is 24.0 Å². The summed E-state index contributed by atoms with van der Waals surface area (Å²) in [6.45, 7) is 1.41. The molecule has 2 aromatic rings. The van der Waals surface area contributed by atoms with Gasteiger partial charge in [0.15, 0.2) is 0 Å². The quantitative estimate of drug-likeness (QED) is 0.864. The van der Waals surface area contributed by atoms with Crippen LogP contribution in [0.25, 0.3) is 0 Å². The molecule has 0 saturated carbocycles. The van der Waals surface area contributed by atoms with Crippen LogP contribution in [0.3, 0.4) is 0 Å². The minimum atomic E-state index is -0.381. The number of nitrogens with zero attached hydrogens (tertiary/aromatic N) is 1. The molecule has 0 aromatic heterocycles. The summed E-state index contributed by atoms with van der Waals surface area (Å²) < 4.78 is 5.43. The second kappa shape index (κ2) is 8.57. The first kappa shape index (κ1) is 18.7. The highest BCUT2D eigenvalue weighted by Crippen LogP contribution is 2.24. The van der Waals surface area contributed by atoms with Gasteiger partial charge in [-0.3, -0.25) is 9.59 Å². The van der Waals surface area contributed by atoms with Gasteiger partial charge in [0.25, 0.3) is 11.8 Å². The molecule has 0 unspecified atom stereocenters. The number of carbonyl (C=O) groups excluding carboxylic acids is 2. The van der Waals surface area contributed by atoms with Gasteiger partial charge in [-0.05, 0) is 55.9 Å². The molecule has 0 aliphatic carbocycles. The predicted molar refractivity (Wildman–Crippen MR) is 108 cm³/mol. The van der Waals surface area contributed by atoms with E-state index in [0.29, 0.717) is 17.9 Å². The van der Waals surface area contributed by atoms with Crippen molar-refractivity contribution in [1.82, 2.24) is 4.90 Å². The Hall–Kier alpha value is -2.66. The van der Waals surface area contributed by atoms with Crippen LogP contribution in [0.5, 0.6) is 0 Å². The summed E-state index contributed by atoms with van der Waals surface area (Å²) in [5.41, 5.74) is 2.51. The average Bonchev–Trinajstić information content (AvgIpc) is 3.41. The summed E-state index contributed by atoms with van der Waals surface area (Å²) in [4.78, 5) is 27.4. The Kier molecular flexibility index (Phi) is 5.72. The number of amides is 2. The Bertz CT molecular complexity index is 831. The van der Waals surface area contributed by atoms with Gasteiger partial charge in [0.1, 0.15) is 6.10 Å². The third-order valence-corrected chi connectivity index (χ3v) is 5.55. The fourth-order valence-electron chi connectivity index (χ4n) is 4.10. The Labute approximate surface area is 165 Å². The van der Waals surface area contributed by atoms with Crippen LogP contribution in [-0.2, 0) is 16.0 Å². The maximum atomic E-state index is 13.1. The molecule has 0 spiro atoms. The van der Waals surface area contributed by atoms with E-state index in [9.17, 15) is 9.59 Å². The lowest BCUT2D eigenvalue weighted by atomic mass is 10.0. The average molecular weight is 378 g/mol. The van der Waals surface area contributed by atoms with Gasteiger partial charge in [0.05, 0.1) is 0 Å². The SMILES string of the molecule is O=C(Nc1cccc(C(=O)N2CCC[C@H]2Cc2ccccc2)c1)[C@@H]1CCCO1. The maximum absolute atomic E-state index is 13.1. The number of likely N-dealkylation sites (tertiary alicyclic amines) is 1. The lowest BCUT2D eigenvalue weighted by Gasteiger charge is -2.25. The van der Waals surface area contributed by atoms with Gasteiger partial charge in [-0.15, -0.1) is 0 Å². The zero-order valence-electron chi connectivity index (χ0n) is 16.0. The molecule has 0 bridgehead atoms. The standard InChI is InChI=1S/C23H26N2O3/c26-22(21-12-6-14-28-21)24-19-10-4-9-18(16-19)23(27)25-13-5-11-20(25)15-17-7-2-1-3-8-17/h1-4,7-10,16,20-21H,5-6,11-15H2,(H,24,26)/t20-,21-/m0/s1. The number of carbonyl (C=O) groups is 2. The van der Waals surface area contributed by atoms with E-state index in [4.69, 9.17) is 4.74 Å². The van der Waals surface area contributed by atoms with Crippen molar-refractivity contribution in [2.45, 2.75) is 44.2 Å². The highest BCUT2D eigenvalue weighted by Gasteiger charge is 2.30. The zero-order chi connectivity index (χ0) is 19.3. The molecule has 2 heterocycles. The number of ether oxygens (including phenoxy) is 1. The first-order valence-corrected chi connectivity index (χ1v) is 10.1. The van der Waals surface area contributed by atoms with Crippen LogP contribution in [0.15, 0.2) is 54.6 Å². The summed E-state index contributed by atoms with van der Waals surface area (Å²) >= 11 is 0. The van der Waals surface area contributed by atoms with Crippen molar-refractivity contribution in [3.05, 3.63) is 65.7 Å². The molecule has 2 aliphatic rings. The van der Waals surface area contributed by atoms with Gasteiger partial charge in [-0.1, -0.05) is 36.4 Å². The molecule has 2 atom stereocenters. The maximum Gasteiger partial charge on any atom is 0.254 e. The van der Waals surface area contributed by atoms with Crippen LogP contribution in [0.4, 0.5) is 5.69 Å². The first-order valence-electron chi connectivity index (χ1n) is 10.1. The second-order valence-electron chi connectivity index (χ2n) is 7.56. The zero-order valence-corrected chi connectivity index (χ0v) is 16.0. The van der Waals surface area contributed by atoms with Crippen molar-refractivity contribution in [3.63, 3.8) is 0 Å². The molecule has 2 saturated heterocycles. The van der Waals surface area contributed by atoms with Crippen LogP contribution >= 0.6 is 0 Å². The second-order valence-corrected chi connectivity index (χ2v) is 7.56. The number of nitrogens with one attached hydrogen (secondary N) is 1. The van der Waals surface area contributed by atoms with E-state index in [2.05, 4.69) is 17.4 Å².